The van der Waals surface area contributed by atoms with Crippen molar-refractivity contribution in [3.63, 3.8) is 0 Å². The molecule has 0 saturated carbocycles. The monoisotopic (exact) mass is 470 g/mol. The van der Waals surface area contributed by atoms with Gasteiger partial charge in [-0.05, 0) is 45.2 Å². The van der Waals surface area contributed by atoms with Crippen molar-refractivity contribution in [1.29, 1.82) is 0 Å². The van der Waals surface area contributed by atoms with Crippen LogP contribution in [0.3, 0.4) is 0 Å². The molecular weight excluding hydrogens is 440 g/mol. The van der Waals surface area contributed by atoms with Gasteiger partial charge in [0.15, 0.2) is 5.16 Å². The molecule has 0 spiro atoms. The topological polar surface area (TPSA) is 101 Å². The molecule has 1 atom stereocenters. The molecular formula is C23H30N6O3S. The Bertz CT molecular complexity index is 1040. The predicted molar refractivity (Wildman–Crippen MR) is 128 cm³/mol. The third-order valence-electron chi connectivity index (χ3n) is 5.79. The summed E-state index contributed by atoms with van der Waals surface area (Å²) >= 11 is 1.44. The molecule has 176 valence electrons. The number of urea groups is 1. The molecule has 10 heteroatoms. The van der Waals surface area contributed by atoms with Crippen molar-refractivity contribution < 1.29 is 14.3 Å². The normalized spacial score (nSPS) is 18.3. The number of ether oxygens (including phenoxy) is 1. The van der Waals surface area contributed by atoms with Gasteiger partial charge in [-0.3, -0.25) is 4.57 Å². The summed E-state index contributed by atoms with van der Waals surface area (Å²) < 4.78 is 7.33. The number of nitrogens with zero attached hydrogens (tertiary/aromatic N) is 4. The van der Waals surface area contributed by atoms with Crippen LogP contribution in [0.4, 0.5) is 10.7 Å². The first-order valence-corrected chi connectivity index (χ1v) is 12.4. The van der Waals surface area contributed by atoms with E-state index in [4.69, 9.17) is 4.74 Å². The fourth-order valence-corrected chi connectivity index (χ4v) is 5.03. The van der Waals surface area contributed by atoms with Crippen LogP contribution in [-0.2, 0) is 9.53 Å². The van der Waals surface area contributed by atoms with Crippen LogP contribution in [0.2, 0.25) is 0 Å². The van der Waals surface area contributed by atoms with E-state index in [9.17, 15) is 9.59 Å². The Morgan fingerprint density at radius 1 is 1.18 bits per heavy atom. The predicted octanol–water partition coefficient (Wildman–Crippen LogP) is 3.18. The quantitative estimate of drug-likeness (QED) is 0.451. The Labute approximate surface area is 198 Å². The molecule has 1 saturated heterocycles. The summed E-state index contributed by atoms with van der Waals surface area (Å²) in [6, 6.07) is 7.55. The van der Waals surface area contributed by atoms with Gasteiger partial charge in [-0.15, -0.1) is 10.2 Å². The van der Waals surface area contributed by atoms with Gasteiger partial charge < -0.3 is 20.3 Å². The van der Waals surface area contributed by atoms with Gasteiger partial charge in [0.05, 0.1) is 23.9 Å². The molecule has 4 rings (SSSR count). The van der Waals surface area contributed by atoms with Gasteiger partial charge in [0, 0.05) is 24.5 Å². The SMILES string of the molecule is CCOC(=O)C1=C(CSc2nnc(N3CCCC3)n2-c2ccc(C)cc2)NC(=O)N[C@@H]1CC. The van der Waals surface area contributed by atoms with Crippen molar-refractivity contribution in [1.82, 2.24) is 25.4 Å². The van der Waals surface area contributed by atoms with E-state index in [1.165, 1.54) is 17.3 Å². The molecule has 2 aromatic rings. The van der Waals surface area contributed by atoms with Gasteiger partial charge in [0.25, 0.3) is 0 Å². The van der Waals surface area contributed by atoms with Gasteiger partial charge >= 0.3 is 12.0 Å². The molecule has 0 radical (unpaired) electrons. The van der Waals surface area contributed by atoms with E-state index in [-0.39, 0.29) is 18.7 Å². The number of hydrogen-bond acceptors (Lipinski definition) is 7. The van der Waals surface area contributed by atoms with Crippen LogP contribution in [-0.4, -0.2) is 58.3 Å². The number of aryl methyl sites for hydroxylation is 1. The smallest absolute Gasteiger partial charge is 0.337 e. The number of aromatic nitrogens is 3. The summed E-state index contributed by atoms with van der Waals surface area (Å²) in [5, 5.41) is 15.3. The number of benzene rings is 1. The maximum absolute atomic E-state index is 12.7. The molecule has 2 aliphatic heterocycles. The van der Waals surface area contributed by atoms with Gasteiger partial charge in [-0.2, -0.15) is 0 Å². The second kappa shape index (κ2) is 10.3. The van der Waals surface area contributed by atoms with Crippen LogP contribution in [0.15, 0.2) is 40.7 Å². The van der Waals surface area contributed by atoms with Crippen LogP contribution in [0.1, 0.15) is 38.7 Å². The summed E-state index contributed by atoms with van der Waals surface area (Å²) in [6.45, 7) is 7.93. The molecule has 0 bridgehead atoms. The highest BCUT2D eigenvalue weighted by Crippen LogP contribution is 2.30. The third kappa shape index (κ3) is 5.00. The number of esters is 1. The van der Waals surface area contributed by atoms with Crippen molar-refractivity contribution in [2.45, 2.75) is 51.2 Å². The zero-order valence-electron chi connectivity index (χ0n) is 19.3. The number of anilines is 1. The van der Waals surface area contributed by atoms with E-state index < -0.39 is 5.97 Å². The van der Waals surface area contributed by atoms with Crippen molar-refractivity contribution >= 4 is 29.7 Å². The molecule has 0 unspecified atom stereocenters. The number of rotatable bonds is 8. The summed E-state index contributed by atoms with van der Waals surface area (Å²) in [5.74, 6) is 0.770. The first kappa shape index (κ1) is 23.2. The van der Waals surface area contributed by atoms with E-state index in [0.29, 0.717) is 28.6 Å². The Morgan fingerprint density at radius 3 is 2.58 bits per heavy atom. The number of hydrogen-bond donors (Lipinski definition) is 2. The van der Waals surface area contributed by atoms with Crippen molar-refractivity contribution in [3.05, 3.63) is 41.1 Å². The van der Waals surface area contributed by atoms with Gasteiger partial charge in [-0.25, -0.2) is 9.59 Å². The van der Waals surface area contributed by atoms with Crippen LogP contribution in [0.5, 0.6) is 0 Å². The third-order valence-corrected chi connectivity index (χ3v) is 6.75. The molecule has 1 aromatic carbocycles. The standard InChI is InChI=1S/C23H30N6O3S/c1-4-17-19(20(30)32-5-2)18(25-21(31)24-17)14-33-23-27-26-22(28-12-6-7-13-28)29(23)16-10-8-15(3)9-11-16/h8-11,17H,4-7,12-14H2,1-3H3,(H2,24,25,31)/t17-/m1/s1. The van der Waals surface area contributed by atoms with E-state index in [2.05, 4.69) is 61.5 Å². The lowest BCUT2D eigenvalue weighted by Crippen LogP contribution is -2.50. The van der Waals surface area contributed by atoms with Crippen molar-refractivity contribution in [2.75, 3.05) is 30.3 Å². The Morgan fingerprint density at radius 2 is 1.91 bits per heavy atom. The molecule has 1 fully saturated rings. The van der Waals surface area contributed by atoms with Crippen molar-refractivity contribution in [2.24, 2.45) is 0 Å². The van der Waals surface area contributed by atoms with Crippen LogP contribution in [0.25, 0.3) is 5.69 Å². The second-order valence-electron chi connectivity index (χ2n) is 8.11. The summed E-state index contributed by atoms with van der Waals surface area (Å²) in [4.78, 5) is 27.1. The minimum absolute atomic E-state index is 0.272. The minimum Gasteiger partial charge on any atom is -0.463 e. The fraction of sp³-hybridized carbons (Fsp3) is 0.478. The maximum Gasteiger partial charge on any atom is 0.337 e. The van der Waals surface area contributed by atoms with E-state index >= 15 is 0 Å². The lowest BCUT2D eigenvalue weighted by Gasteiger charge is -2.28. The van der Waals surface area contributed by atoms with Gasteiger partial charge in [0.1, 0.15) is 0 Å². The molecule has 33 heavy (non-hydrogen) atoms. The lowest BCUT2D eigenvalue weighted by molar-refractivity contribution is -0.139. The highest BCUT2D eigenvalue weighted by atomic mass is 32.2. The number of carbonyl (C=O) groups is 2. The van der Waals surface area contributed by atoms with Gasteiger partial charge in [-0.1, -0.05) is 36.4 Å². The molecule has 0 aliphatic carbocycles. The molecule has 3 heterocycles. The van der Waals surface area contributed by atoms with E-state index in [0.717, 1.165) is 37.6 Å². The average Bonchev–Trinajstić information content (AvgIpc) is 3.47. The minimum atomic E-state index is -0.412. The van der Waals surface area contributed by atoms with E-state index in [1.54, 1.807) is 6.92 Å². The van der Waals surface area contributed by atoms with Crippen LogP contribution in [0, 0.1) is 6.92 Å². The highest BCUT2D eigenvalue weighted by Gasteiger charge is 2.32. The maximum atomic E-state index is 12.7. The number of thioether (sulfide) groups is 1. The zero-order valence-corrected chi connectivity index (χ0v) is 20.1. The summed E-state index contributed by atoms with van der Waals surface area (Å²) in [5.41, 5.74) is 3.18. The zero-order chi connectivity index (χ0) is 23.4. The molecule has 9 nitrogen and oxygen atoms in total. The molecule has 1 aromatic heterocycles. The second-order valence-corrected chi connectivity index (χ2v) is 9.05. The average molecular weight is 471 g/mol. The summed E-state index contributed by atoms with van der Waals surface area (Å²) in [6.07, 6.45) is 2.86. The molecule has 2 N–H and O–H groups in total. The van der Waals surface area contributed by atoms with E-state index in [1.807, 2.05) is 6.92 Å². The first-order chi connectivity index (χ1) is 16.0. The Kier molecular flexibility index (Phi) is 7.22. The number of carbonyl (C=O) groups excluding carboxylic acids is 2. The number of nitrogens with one attached hydrogen (secondary N) is 2. The molecule has 2 aliphatic rings. The lowest BCUT2D eigenvalue weighted by atomic mass is 10.0. The van der Waals surface area contributed by atoms with Crippen molar-refractivity contribution in [3.8, 4) is 5.69 Å². The van der Waals surface area contributed by atoms with Crippen LogP contribution >= 0.6 is 11.8 Å². The first-order valence-electron chi connectivity index (χ1n) is 11.4. The Balaban J connectivity index is 1.67. The largest absolute Gasteiger partial charge is 0.463 e. The fourth-order valence-electron chi connectivity index (χ4n) is 4.11. The van der Waals surface area contributed by atoms with Crippen LogP contribution < -0.4 is 15.5 Å². The highest BCUT2D eigenvalue weighted by molar-refractivity contribution is 7.99. The molecule has 2 amide bonds. The summed E-state index contributed by atoms with van der Waals surface area (Å²) in [7, 11) is 0. The van der Waals surface area contributed by atoms with Gasteiger partial charge in [0.2, 0.25) is 5.95 Å². The Hall–Kier alpha value is -3.01. The number of amides is 2.